The molecule has 3 aliphatic rings. The van der Waals surface area contributed by atoms with E-state index in [1.54, 1.807) is 0 Å². The van der Waals surface area contributed by atoms with Crippen LogP contribution in [-0.4, -0.2) is 35.0 Å². The molecule has 32 heavy (non-hydrogen) atoms. The van der Waals surface area contributed by atoms with Crippen molar-refractivity contribution in [3.63, 3.8) is 0 Å². The maximum absolute atomic E-state index is 13.1. The van der Waals surface area contributed by atoms with E-state index in [1.807, 2.05) is 54.7 Å². The molecule has 0 N–H and O–H groups in total. The molecular weight excluding hydrogens is 420 g/mol. The van der Waals surface area contributed by atoms with Crippen molar-refractivity contribution in [1.29, 1.82) is 0 Å². The lowest BCUT2D eigenvalue weighted by Gasteiger charge is -2.51. The molecule has 2 bridgehead atoms. The van der Waals surface area contributed by atoms with Gasteiger partial charge in [-0.05, 0) is 55.0 Å². The van der Waals surface area contributed by atoms with Gasteiger partial charge in [0.15, 0.2) is 0 Å². The normalized spacial score (nSPS) is 25.6. The number of carbonyl (C=O) groups is 1. The Labute approximate surface area is 194 Å². The highest BCUT2D eigenvalue weighted by atomic mass is 35.5. The van der Waals surface area contributed by atoms with Crippen molar-refractivity contribution in [2.45, 2.75) is 44.8 Å². The zero-order valence-electron chi connectivity index (χ0n) is 18.4. The molecule has 0 radical (unpaired) electrons. The van der Waals surface area contributed by atoms with E-state index >= 15 is 0 Å². The number of pyridine rings is 1. The highest BCUT2D eigenvalue weighted by molar-refractivity contribution is 6.31. The largest absolute Gasteiger partial charge is 0.456 e. The number of hydrogen-bond acceptors (Lipinski definition) is 4. The summed E-state index contributed by atoms with van der Waals surface area (Å²) in [5.41, 5.74) is 2.78. The second kappa shape index (κ2) is 9.21. The van der Waals surface area contributed by atoms with Crippen LogP contribution in [0.25, 0.3) is 10.9 Å². The molecule has 3 fully saturated rings. The Morgan fingerprint density at radius 3 is 2.78 bits per heavy atom. The van der Waals surface area contributed by atoms with Crippen molar-refractivity contribution in [2.24, 2.45) is 11.8 Å². The van der Waals surface area contributed by atoms with Gasteiger partial charge in [0.05, 0.1) is 18.0 Å². The van der Waals surface area contributed by atoms with E-state index in [9.17, 15) is 4.79 Å². The van der Waals surface area contributed by atoms with Crippen LogP contribution in [0.3, 0.4) is 0 Å². The third-order valence-corrected chi connectivity index (χ3v) is 7.72. The third-order valence-electron chi connectivity index (χ3n) is 7.35. The number of carbonyl (C=O) groups excluding carboxylic acids is 1. The van der Waals surface area contributed by atoms with E-state index in [0.717, 1.165) is 47.5 Å². The van der Waals surface area contributed by atoms with Crippen LogP contribution in [0.2, 0.25) is 5.02 Å². The molecule has 4 heterocycles. The van der Waals surface area contributed by atoms with Crippen molar-refractivity contribution < 1.29 is 9.53 Å². The Morgan fingerprint density at radius 2 is 2.00 bits per heavy atom. The molecule has 5 heteroatoms. The highest BCUT2D eigenvalue weighted by Gasteiger charge is 2.44. The van der Waals surface area contributed by atoms with Gasteiger partial charge in [-0.2, -0.15) is 0 Å². The molecule has 1 aromatic heterocycles. The van der Waals surface area contributed by atoms with Crippen molar-refractivity contribution in [2.75, 3.05) is 13.1 Å². The van der Waals surface area contributed by atoms with Gasteiger partial charge in [-0.1, -0.05) is 61.3 Å². The van der Waals surface area contributed by atoms with Crippen LogP contribution in [0.15, 0.2) is 60.8 Å². The van der Waals surface area contributed by atoms with Crippen molar-refractivity contribution in [3.8, 4) is 0 Å². The van der Waals surface area contributed by atoms with Gasteiger partial charge in [0.25, 0.3) is 0 Å². The number of fused-ring (bicyclic) bond motifs is 4. The van der Waals surface area contributed by atoms with E-state index in [0.29, 0.717) is 10.9 Å². The first-order valence-corrected chi connectivity index (χ1v) is 12.0. The number of piperidine rings is 3. The first-order valence-electron chi connectivity index (χ1n) is 11.6. The number of esters is 1. The summed E-state index contributed by atoms with van der Waals surface area (Å²) in [6.07, 6.45) is 5.21. The molecular formula is C27H29ClN2O2. The minimum Gasteiger partial charge on any atom is -0.456 e. The number of para-hydroxylation sites is 1. The van der Waals surface area contributed by atoms with E-state index < -0.39 is 0 Å². The monoisotopic (exact) mass is 448 g/mol. The molecule has 0 amide bonds. The summed E-state index contributed by atoms with van der Waals surface area (Å²) in [5.74, 6) is 1.21. The van der Waals surface area contributed by atoms with E-state index in [-0.39, 0.29) is 24.5 Å². The minimum atomic E-state index is -0.321. The summed E-state index contributed by atoms with van der Waals surface area (Å²) in [6.45, 7) is 4.46. The molecule has 0 saturated carbocycles. The van der Waals surface area contributed by atoms with Gasteiger partial charge in [0, 0.05) is 28.7 Å². The van der Waals surface area contributed by atoms with E-state index in [4.69, 9.17) is 16.3 Å². The van der Waals surface area contributed by atoms with E-state index in [1.165, 1.54) is 12.8 Å². The molecule has 166 valence electrons. The lowest BCUT2D eigenvalue weighted by atomic mass is 9.72. The number of nitrogens with zero attached hydrogens (tertiary/aromatic N) is 2. The second-order valence-electron chi connectivity index (χ2n) is 9.11. The van der Waals surface area contributed by atoms with Crippen LogP contribution in [-0.2, 0) is 16.0 Å². The van der Waals surface area contributed by atoms with Crippen molar-refractivity contribution >= 4 is 28.5 Å². The molecule has 3 saturated heterocycles. The summed E-state index contributed by atoms with van der Waals surface area (Å²) in [7, 11) is 0. The molecule has 1 unspecified atom stereocenters. The standard InChI is InChI=1S/C27H29ClN2O2/c1-2-18-17-30-14-12-19(18)15-25(30)27(22-11-13-29-24-10-6-4-8-21(22)24)32-26(31)16-20-7-3-5-9-23(20)28/h3-11,13,18-19,25,27H,2,12,14-17H2,1H3/t18-,19-,25+,27-/m0/s1. The average molecular weight is 449 g/mol. The zero-order chi connectivity index (χ0) is 22.1. The summed E-state index contributed by atoms with van der Waals surface area (Å²) in [5, 5.41) is 1.65. The Kier molecular flexibility index (Phi) is 6.16. The maximum atomic E-state index is 13.1. The van der Waals surface area contributed by atoms with Crippen LogP contribution in [0, 0.1) is 11.8 Å². The fourth-order valence-electron chi connectivity index (χ4n) is 5.65. The maximum Gasteiger partial charge on any atom is 0.310 e. The van der Waals surface area contributed by atoms with Gasteiger partial charge in [-0.25, -0.2) is 0 Å². The van der Waals surface area contributed by atoms with Gasteiger partial charge in [-0.3, -0.25) is 14.7 Å². The first kappa shape index (κ1) is 21.4. The smallest absolute Gasteiger partial charge is 0.310 e. The molecule has 2 aromatic carbocycles. The summed E-state index contributed by atoms with van der Waals surface area (Å²) >= 11 is 6.31. The fourth-order valence-corrected chi connectivity index (χ4v) is 5.86. The SMILES string of the molecule is CC[C@H]1CN2CC[C@H]1C[C@@H]2[C@@H](OC(=O)Cc1ccccc1Cl)c1ccnc2ccccc12. The van der Waals surface area contributed by atoms with Crippen LogP contribution >= 0.6 is 11.6 Å². The molecule has 0 aliphatic carbocycles. The third kappa shape index (κ3) is 4.14. The van der Waals surface area contributed by atoms with Gasteiger partial charge in [0.1, 0.15) is 6.10 Å². The zero-order valence-corrected chi connectivity index (χ0v) is 19.2. The Hall–Kier alpha value is -2.43. The highest BCUT2D eigenvalue weighted by Crippen LogP contribution is 2.44. The number of halogens is 1. The quantitative estimate of drug-likeness (QED) is 0.444. The predicted molar refractivity (Wildman–Crippen MR) is 128 cm³/mol. The Bertz CT molecular complexity index is 1110. The molecule has 4 nitrogen and oxygen atoms in total. The average Bonchev–Trinajstić information content (AvgIpc) is 2.84. The number of ether oxygens (including phenoxy) is 1. The molecule has 5 atom stereocenters. The lowest BCUT2D eigenvalue weighted by molar-refractivity contribution is -0.157. The summed E-state index contributed by atoms with van der Waals surface area (Å²) in [6, 6.07) is 17.8. The lowest BCUT2D eigenvalue weighted by Crippen LogP contribution is -2.55. The van der Waals surface area contributed by atoms with Gasteiger partial charge < -0.3 is 4.74 Å². The predicted octanol–water partition coefficient (Wildman–Crippen LogP) is 5.84. The number of rotatable bonds is 6. The minimum absolute atomic E-state index is 0.174. The Balaban J connectivity index is 1.48. The van der Waals surface area contributed by atoms with Gasteiger partial charge >= 0.3 is 5.97 Å². The number of benzene rings is 2. The van der Waals surface area contributed by atoms with Crippen LogP contribution in [0.4, 0.5) is 0 Å². The van der Waals surface area contributed by atoms with Crippen LogP contribution in [0.5, 0.6) is 0 Å². The summed E-state index contributed by atoms with van der Waals surface area (Å²) in [4.78, 5) is 20.2. The molecule has 3 aliphatic heterocycles. The topological polar surface area (TPSA) is 42.4 Å². The van der Waals surface area contributed by atoms with Gasteiger partial charge in [0.2, 0.25) is 0 Å². The fraction of sp³-hybridized carbons (Fsp3) is 0.407. The van der Waals surface area contributed by atoms with Gasteiger partial charge in [-0.15, -0.1) is 0 Å². The Morgan fingerprint density at radius 1 is 1.19 bits per heavy atom. The van der Waals surface area contributed by atoms with E-state index in [2.05, 4.69) is 22.9 Å². The second-order valence-corrected chi connectivity index (χ2v) is 9.52. The first-order chi connectivity index (χ1) is 15.6. The molecule has 6 rings (SSSR count). The summed E-state index contributed by atoms with van der Waals surface area (Å²) < 4.78 is 6.30. The van der Waals surface area contributed by atoms with Crippen molar-refractivity contribution in [1.82, 2.24) is 9.88 Å². The molecule has 3 aromatic rings. The number of aromatic nitrogens is 1. The van der Waals surface area contributed by atoms with Crippen LogP contribution < -0.4 is 0 Å². The molecule has 0 spiro atoms. The van der Waals surface area contributed by atoms with Crippen molar-refractivity contribution in [3.05, 3.63) is 76.9 Å². The number of hydrogen-bond donors (Lipinski definition) is 0. The van der Waals surface area contributed by atoms with Crippen LogP contribution in [0.1, 0.15) is 43.4 Å².